The maximum Gasteiger partial charge on any atom is 0.490 e. The first-order valence-corrected chi connectivity index (χ1v) is 55.7. The van der Waals surface area contributed by atoms with Crippen molar-refractivity contribution in [2.45, 2.75) is 197 Å². The molecule has 52 heteroatoms. The van der Waals surface area contributed by atoms with Gasteiger partial charge in [-0.2, -0.15) is 8.62 Å². The molecule has 0 aliphatic carbocycles. The van der Waals surface area contributed by atoms with Crippen molar-refractivity contribution in [1.82, 2.24) is 60.7 Å². The zero-order chi connectivity index (χ0) is 107. The van der Waals surface area contributed by atoms with Crippen molar-refractivity contribution in [3.05, 3.63) is 158 Å². The molecular weight excluding hydrogens is 2060 g/mol. The Balaban J connectivity index is 0.494. The van der Waals surface area contributed by atoms with E-state index in [0.717, 1.165) is 112 Å². The number of aromatic nitrogens is 6. The van der Waals surface area contributed by atoms with Gasteiger partial charge in [-0.05, 0) is 125 Å². The lowest BCUT2D eigenvalue weighted by Crippen LogP contribution is -2.56. The number of ketones is 2. The lowest BCUT2D eigenvalue weighted by molar-refractivity contribution is -0.148. The van der Waals surface area contributed by atoms with E-state index in [0.29, 0.717) is 45.7 Å². The van der Waals surface area contributed by atoms with Crippen LogP contribution < -0.4 is 62.0 Å². The highest BCUT2D eigenvalue weighted by Crippen LogP contribution is 2.66. The number of aliphatic carboxylic acids is 3. The molecule has 150 heavy (non-hydrogen) atoms. The van der Waals surface area contributed by atoms with Gasteiger partial charge in [-0.3, -0.25) is 52.5 Å². The van der Waals surface area contributed by atoms with Crippen LogP contribution in [0.4, 0.5) is 17.2 Å². The fourth-order valence-corrected chi connectivity index (χ4v) is 24.9. The summed E-state index contributed by atoms with van der Waals surface area (Å²) in [5, 5.41) is 74.7. The standard InChI is InChI=1S/C98H114N15O32P3S2/c1-98(2,150-149-45-30-77(117)100-32-9-15-60-53-112(92-83(60)91(99)102-55-103-92)80-51-75(116)76(142-80)54-141-147(134,135)145-148(136,137)144-146(131,132)133)31-28-69(94(125)105-70(49-81(120)121)95(126)106-71(97(129)130)50-82(122)123)104-78(118)23-7-8-38-113-88-61-18-4-3-14-59(61)52-111(72-22-6-5-19-63(72)85(88)107-108-113)79(119)27-26-73(114)74(115)29-39-138-41-43-140-44-42-139-40-33-101-93(124)58-24-25-62(66(48-58)96(127)128)84-67-46-56-16-10-34-109-36-12-20-64(86(56)109)89(67)143-90-65-21-13-37-110-35-11-17-57(87(65)110)47-68(84)90/h3-6,14,18-19,22,24-25,46-48,53,55,69-71,75-76,80,116H,7-8,10-13,16-17,20-21,23,26-45,49-52,54H2,1-2H3,(H14-,99,100,101,102,103,104,105,106,117,118,120,121,122,123,124,125,126,127,128,129,130,131,132,133,134,135,136,137)/p+1. The van der Waals surface area contributed by atoms with Gasteiger partial charge in [0, 0.05) is 144 Å². The van der Waals surface area contributed by atoms with Crippen molar-refractivity contribution in [3.63, 3.8) is 0 Å². The number of carbonyl (C=O) groups excluding carboxylic acids is 8. The second-order valence-electron chi connectivity index (χ2n) is 37.3. The smallest absolute Gasteiger partial charge is 0.481 e. The van der Waals surface area contributed by atoms with Gasteiger partial charge in [-0.15, -0.1) is 5.10 Å². The summed E-state index contributed by atoms with van der Waals surface area (Å²) in [5.74, 6) is -4.41. The van der Waals surface area contributed by atoms with Crippen LogP contribution in [0, 0.1) is 11.8 Å². The summed E-state index contributed by atoms with van der Waals surface area (Å²) < 4.78 is 82.2. The fraction of sp³-hybridized carbons (Fsp3) is 0.459. The van der Waals surface area contributed by atoms with Crippen molar-refractivity contribution in [2.75, 3.05) is 107 Å². The maximum absolute atomic E-state index is 14.5. The molecule has 1 fully saturated rings. The van der Waals surface area contributed by atoms with E-state index in [2.05, 4.69) is 88.1 Å². The number of aliphatic hydroxyl groups is 1. The van der Waals surface area contributed by atoms with Gasteiger partial charge in [-0.25, -0.2) is 42.5 Å². The molecule has 800 valence electrons. The molecule has 7 aliphatic rings. The zero-order valence-corrected chi connectivity index (χ0v) is 86.1. The summed E-state index contributed by atoms with van der Waals surface area (Å²) in [6.45, 7) is 7.44. The highest BCUT2D eigenvalue weighted by molar-refractivity contribution is 8.77. The topological polar surface area (TPSA) is 669 Å². The number of rotatable bonds is 51. The monoisotopic (exact) mass is 2170 g/mol. The van der Waals surface area contributed by atoms with E-state index < -0.39 is 155 Å². The predicted octanol–water partition coefficient (Wildman–Crippen LogP) is 5.86. The Hall–Kier alpha value is -12.6. The number of carboxylic acid groups (broad SMARTS) is 4. The third-order valence-electron chi connectivity index (χ3n) is 26.2. The minimum absolute atomic E-state index is 0.0126. The van der Waals surface area contributed by atoms with Gasteiger partial charge < -0.3 is 115 Å². The second kappa shape index (κ2) is 49.7. The Kier molecular flexibility index (Phi) is 37.0. The largest absolute Gasteiger partial charge is 0.490 e. The molecule has 8 atom stereocenters. The van der Waals surface area contributed by atoms with Gasteiger partial charge >= 0.3 is 47.3 Å². The number of para-hydroxylation sites is 1. The number of phosphoric acid groups is 3. The number of nitrogens with one attached hydrogen (secondary N) is 5. The molecule has 10 heterocycles. The minimum Gasteiger partial charge on any atom is -0.481 e. The van der Waals surface area contributed by atoms with Crippen molar-refractivity contribution >= 4 is 150 Å². The summed E-state index contributed by atoms with van der Waals surface area (Å²) in [4.78, 5) is 208. The van der Waals surface area contributed by atoms with Crippen LogP contribution in [-0.4, -0.2) is 272 Å². The molecule has 5 aromatic carbocycles. The fourth-order valence-electron chi connectivity index (χ4n) is 19.3. The molecule has 8 aromatic rings. The maximum atomic E-state index is 14.5. The molecule has 0 radical (unpaired) electrons. The zero-order valence-electron chi connectivity index (χ0n) is 81.8. The number of carboxylic acids is 4. The number of phosphoric ester groups is 1. The first-order chi connectivity index (χ1) is 71.7. The average molecular weight is 2170 g/mol. The van der Waals surface area contributed by atoms with Crippen LogP contribution in [0.5, 0.6) is 11.5 Å². The van der Waals surface area contributed by atoms with Crippen molar-refractivity contribution < 1.29 is 153 Å². The van der Waals surface area contributed by atoms with Gasteiger partial charge in [0.25, 0.3) is 5.91 Å². The molecular formula is C98H115N15O32P3S2+. The van der Waals surface area contributed by atoms with Gasteiger partial charge in [0.1, 0.15) is 78.5 Å². The molecule has 0 saturated carbocycles. The number of amides is 6. The lowest BCUT2D eigenvalue weighted by Gasteiger charge is -2.39. The van der Waals surface area contributed by atoms with E-state index in [4.69, 9.17) is 39.2 Å². The number of benzene rings is 5. The number of anilines is 3. The molecule has 0 bridgehead atoms. The van der Waals surface area contributed by atoms with E-state index in [-0.39, 0.29) is 163 Å². The van der Waals surface area contributed by atoms with Crippen LogP contribution in [0.25, 0.3) is 39.1 Å². The number of nitrogen functional groups attached to an aromatic ring is 1. The van der Waals surface area contributed by atoms with E-state index in [1.165, 1.54) is 76.6 Å². The normalized spacial score (nSPS) is 17.2. The van der Waals surface area contributed by atoms with Gasteiger partial charge in [0.2, 0.25) is 40.7 Å². The Morgan fingerprint density at radius 1 is 0.673 bits per heavy atom. The number of Topliss-reactive ketones (excluding diaryl/α,β-unsaturated/α-hetero) is 2. The highest BCUT2D eigenvalue weighted by atomic mass is 33.1. The first kappa shape index (κ1) is 112. The second-order valence-corrected chi connectivity index (χ2v) is 44.8. The predicted molar refractivity (Wildman–Crippen MR) is 540 cm³/mol. The Morgan fingerprint density at radius 3 is 2.11 bits per heavy atom. The Morgan fingerprint density at radius 2 is 1.36 bits per heavy atom. The third kappa shape index (κ3) is 28.0. The lowest BCUT2D eigenvalue weighted by atomic mass is 9.81. The molecule has 6 amide bonds. The van der Waals surface area contributed by atoms with Gasteiger partial charge in [-0.1, -0.05) is 87.2 Å². The number of hydrogen-bond donors (Lipinski definition) is 15. The van der Waals surface area contributed by atoms with Gasteiger partial charge in [0.05, 0.1) is 112 Å². The van der Waals surface area contributed by atoms with E-state index >= 15 is 0 Å². The number of unbranched alkanes of at least 4 members (excludes halogenated alkanes) is 1. The summed E-state index contributed by atoms with van der Waals surface area (Å²) in [7, 11) is -14.5. The van der Waals surface area contributed by atoms with E-state index in [9.17, 15) is 107 Å². The van der Waals surface area contributed by atoms with Gasteiger partial charge in [0.15, 0.2) is 5.78 Å². The van der Waals surface area contributed by atoms with Crippen molar-refractivity contribution in [2.24, 2.45) is 0 Å². The number of fused-ring (bicyclic) bond motifs is 10. The minimum atomic E-state index is -5.84. The number of nitrogens with zero attached hydrogens (tertiary/aromatic N) is 9. The van der Waals surface area contributed by atoms with E-state index in [1.54, 1.807) is 53.2 Å². The summed E-state index contributed by atoms with van der Waals surface area (Å²) >= 11 is 0. The first-order valence-electron chi connectivity index (χ1n) is 48.8. The number of aryl methyl sites for hydroxylation is 3. The molecule has 47 nitrogen and oxygen atoms in total. The SMILES string of the molecule is CC(C)(CCC(NC(=O)CCCCn1nnc2c1-c1ccccc1CN(C(=O)CCC(=O)C(=O)CCOCCOCCOCCNC(=O)c1ccc(C3=c4cc5c6c(c4Oc4c3cc3c7c4CCCN7CCC3)CCC[N+]=6CCC5)c(C(=O)O)c1)c1ccccc1-2)C(=O)NC(CC(=O)O)C(=O)NC(CC(=O)O)C(=O)O)SSCCC(=O)NCC#Cc1cn(C2CC(O)C(COP(=O)(O)OP(=O)(O)OP(=O)(O)O)O2)c2ncnc(N)c12. The van der Waals surface area contributed by atoms with Crippen molar-refractivity contribution in [3.8, 4) is 45.9 Å². The van der Waals surface area contributed by atoms with Crippen LogP contribution in [-0.2, 0) is 133 Å². The molecule has 0 spiro atoms. The number of ether oxygens (including phenoxy) is 5. The summed E-state index contributed by atoms with van der Waals surface area (Å²) in [6.07, 6.45) is 3.30. The number of aliphatic hydroxyl groups excluding tert-OH is 1. The Bertz CT molecular complexity index is 6940. The van der Waals surface area contributed by atoms with Crippen LogP contribution in [0.15, 0.2) is 91.4 Å². The number of nitrogens with two attached hydrogens (primary N) is 1. The van der Waals surface area contributed by atoms with Crippen LogP contribution >= 0.6 is 45.1 Å². The Labute approximate surface area is 865 Å². The van der Waals surface area contributed by atoms with Crippen LogP contribution in [0.1, 0.15) is 188 Å². The molecule has 15 rings (SSSR count). The number of hydrogen-bond acceptors (Lipinski definition) is 32. The van der Waals surface area contributed by atoms with Crippen LogP contribution in [0.3, 0.4) is 0 Å². The number of carbonyl (C=O) groups is 12. The molecule has 3 aromatic heterocycles. The molecule has 1 saturated heterocycles. The highest BCUT2D eigenvalue weighted by Gasteiger charge is 2.46. The van der Waals surface area contributed by atoms with Crippen LogP contribution in [0.2, 0.25) is 0 Å². The molecule has 8 unspecified atom stereocenters. The third-order valence-corrected chi connectivity index (χ3v) is 33.3. The molecule has 16 N–H and O–H groups in total. The summed E-state index contributed by atoms with van der Waals surface area (Å²) in [5.41, 5.74) is 18.5. The number of aromatic carboxylic acids is 1. The van der Waals surface area contributed by atoms with E-state index in [1.807, 2.05) is 31.3 Å². The quantitative estimate of drug-likeness (QED) is 0.00530. The molecule has 7 aliphatic heterocycles. The summed E-state index contributed by atoms with van der Waals surface area (Å²) in [6, 6.07) is 18.2. The average Bonchev–Trinajstić information content (AvgIpc) is 0.770. The van der Waals surface area contributed by atoms with Crippen molar-refractivity contribution in [1.29, 1.82) is 0 Å².